The van der Waals surface area contributed by atoms with E-state index in [1.807, 2.05) is 6.92 Å². The summed E-state index contributed by atoms with van der Waals surface area (Å²) < 4.78 is 0. The van der Waals surface area contributed by atoms with E-state index in [2.05, 4.69) is 5.32 Å². The first-order valence-electron chi connectivity index (χ1n) is 7.88. The van der Waals surface area contributed by atoms with Gasteiger partial charge in [-0.15, -0.1) is 0 Å². The van der Waals surface area contributed by atoms with Crippen LogP contribution < -0.4 is 10.2 Å². The van der Waals surface area contributed by atoms with Gasteiger partial charge in [0.1, 0.15) is 6.04 Å². The molecule has 0 saturated carbocycles. The fourth-order valence-electron chi connectivity index (χ4n) is 2.78. The molecular formula is C17H22N2O4. The second-order valence-corrected chi connectivity index (χ2v) is 5.77. The molecule has 2 N–H and O–H groups in total. The van der Waals surface area contributed by atoms with Gasteiger partial charge in [-0.2, -0.15) is 0 Å². The minimum absolute atomic E-state index is 0.0218. The van der Waals surface area contributed by atoms with Crippen LogP contribution in [-0.4, -0.2) is 35.5 Å². The third-order valence-corrected chi connectivity index (χ3v) is 4.07. The Bertz CT molecular complexity index is 627. The average molecular weight is 318 g/mol. The van der Waals surface area contributed by atoms with Crippen LogP contribution in [0.3, 0.4) is 0 Å². The van der Waals surface area contributed by atoms with Crippen LogP contribution in [0.15, 0.2) is 18.2 Å². The Labute approximate surface area is 135 Å². The van der Waals surface area contributed by atoms with Crippen molar-refractivity contribution in [1.82, 2.24) is 5.32 Å². The molecule has 2 amide bonds. The minimum Gasteiger partial charge on any atom is -0.480 e. The lowest BCUT2D eigenvalue weighted by molar-refractivity contribution is -0.139. The number of nitrogens with zero attached hydrogens (tertiary/aromatic N) is 1. The molecule has 2 rings (SSSR count). The Hall–Kier alpha value is -2.37. The Morgan fingerprint density at radius 2 is 2.09 bits per heavy atom. The monoisotopic (exact) mass is 318 g/mol. The van der Waals surface area contributed by atoms with E-state index in [0.29, 0.717) is 24.9 Å². The first kappa shape index (κ1) is 17.0. The molecule has 1 unspecified atom stereocenters. The number of rotatable bonds is 6. The number of unbranched alkanes of at least 4 members (excludes halogenated alkanes) is 1. The van der Waals surface area contributed by atoms with Crippen molar-refractivity contribution in [3.05, 3.63) is 29.3 Å². The number of amides is 2. The van der Waals surface area contributed by atoms with Crippen LogP contribution in [0.1, 0.15) is 49.0 Å². The van der Waals surface area contributed by atoms with Crippen LogP contribution in [0, 0.1) is 0 Å². The minimum atomic E-state index is -1.02. The highest BCUT2D eigenvalue weighted by molar-refractivity contribution is 5.99. The molecule has 0 saturated heterocycles. The molecular weight excluding hydrogens is 296 g/mol. The lowest BCUT2D eigenvalue weighted by Gasteiger charge is -2.16. The molecule has 0 radical (unpaired) electrons. The highest BCUT2D eigenvalue weighted by Crippen LogP contribution is 2.28. The fourth-order valence-corrected chi connectivity index (χ4v) is 2.78. The standard InChI is InChI=1S/C17H22N2O4/c1-3-4-5-14(17(22)23)18-16(21)13-6-7-15-12(10-13)8-9-19(15)11(2)20/h6-7,10,14H,3-5,8-9H2,1-2H3,(H,18,21)(H,22,23). The SMILES string of the molecule is CCCCC(NC(=O)c1ccc2c(c1)CCN2C(C)=O)C(=O)O. The van der Waals surface area contributed by atoms with E-state index in [-0.39, 0.29) is 5.91 Å². The molecule has 0 spiro atoms. The van der Waals surface area contributed by atoms with Crippen LogP contribution in [0.25, 0.3) is 0 Å². The number of hydrogen-bond acceptors (Lipinski definition) is 3. The maximum absolute atomic E-state index is 12.3. The van der Waals surface area contributed by atoms with Crippen molar-refractivity contribution in [2.75, 3.05) is 11.4 Å². The molecule has 1 aromatic rings. The number of anilines is 1. The van der Waals surface area contributed by atoms with Crippen molar-refractivity contribution in [3.8, 4) is 0 Å². The summed E-state index contributed by atoms with van der Waals surface area (Å²) in [5.74, 6) is -1.43. The zero-order valence-electron chi connectivity index (χ0n) is 13.5. The number of aliphatic carboxylic acids is 1. The fraction of sp³-hybridized carbons (Fsp3) is 0.471. The van der Waals surface area contributed by atoms with Gasteiger partial charge in [0.05, 0.1) is 0 Å². The van der Waals surface area contributed by atoms with Crippen molar-refractivity contribution in [2.24, 2.45) is 0 Å². The number of nitrogens with one attached hydrogen (secondary N) is 1. The first-order chi connectivity index (χ1) is 10.9. The second kappa shape index (κ2) is 7.26. The second-order valence-electron chi connectivity index (χ2n) is 5.77. The van der Waals surface area contributed by atoms with E-state index in [1.54, 1.807) is 23.1 Å². The molecule has 1 aromatic carbocycles. The maximum Gasteiger partial charge on any atom is 0.326 e. The predicted octanol–water partition coefficient (Wildman–Crippen LogP) is 1.97. The highest BCUT2D eigenvalue weighted by Gasteiger charge is 2.24. The normalized spacial score (nSPS) is 14.3. The van der Waals surface area contributed by atoms with Gasteiger partial charge >= 0.3 is 5.97 Å². The van der Waals surface area contributed by atoms with E-state index in [1.165, 1.54) is 6.92 Å². The quantitative estimate of drug-likeness (QED) is 0.839. The smallest absolute Gasteiger partial charge is 0.326 e. The highest BCUT2D eigenvalue weighted by atomic mass is 16.4. The largest absolute Gasteiger partial charge is 0.480 e. The van der Waals surface area contributed by atoms with Crippen molar-refractivity contribution in [1.29, 1.82) is 0 Å². The summed E-state index contributed by atoms with van der Waals surface area (Å²) in [6.07, 6.45) is 2.74. The molecule has 6 heteroatoms. The van der Waals surface area contributed by atoms with E-state index in [9.17, 15) is 19.5 Å². The van der Waals surface area contributed by atoms with Gasteiger partial charge in [0.15, 0.2) is 0 Å². The van der Waals surface area contributed by atoms with Gasteiger partial charge in [-0.3, -0.25) is 9.59 Å². The van der Waals surface area contributed by atoms with Crippen molar-refractivity contribution >= 4 is 23.5 Å². The van der Waals surface area contributed by atoms with Crippen LogP contribution in [0.4, 0.5) is 5.69 Å². The summed E-state index contributed by atoms with van der Waals surface area (Å²) in [5, 5.41) is 11.8. The summed E-state index contributed by atoms with van der Waals surface area (Å²) in [6, 6.07) is 4.26. The van der Waals surface area contributed by atoms with Gasteiger partial charge in [-0.05, 0) is 36.6 Å². The van der Waals surface area contributed by atoms with E-state index in [0.717, 1.165) is 24.1 Å². The predicted molar refractivity (Wildman–Crippen MR) is 86.6 cm³/mol. The van der Waals surface area contributed by atoms with Crippen molar-refractivity contribution in [2.45, 2.75) is 45.6 Å². The van der Waals surface area contributed by atoms with E-state index < -0.39 is 17.9 Å². The first-order valence-corrected chi connectivity index (χ1v) is 7.88. The maximum atomic E-state index is 12.3. The molecule has 0 aromatic heterocycles. The number of fused-ring (bicyclic) bond motifs is 1. The molecule has 1 heterocycles. The third kappa shape index (κ3) is 3.88. The molecule has 0 aliphatic carbocycles. The Balaban J connectivity index is 2.11. The molecule has 124 valence electrons. The van der Waals surface area contributed by atoms with Gasteiger partial charge in [0.25, 0.3) is 5.91 Å². The van der Waals surface area contributed by atoms with Crippen molar-refractivity contribution < 1.29 is 19.5 Å². The third-order valence-electron chi connectivity index (χ3n) is 4.07. The average Bonchev–Trinajstić information content (AvgIpc) is 2.94. The van der Waals surface area contributed by atoms with Crippen LogP contribution in [-0.2, 0) is 16.0 Å². The lowest BCUT2D eigenvalue weighted by Crippen LogP contribution is -2.40. The van der Waals surface area contributed by atoms with E-state index in [4.69, 9.17) is 0 Å². The van der Waals surface area contributed by atoms with Gasteiger partial charge < -0.3 is 15.3 Å². The van der Waals surface area contributed by atoms with Gasteiger partial charge in [0, 0.05) is 24.7 Å². The number of hydrogen-bond donors (Lipinski definition) is 2. The number of carbonyl (C=O) groups is 3. The Morgan fingerprint density at radius 1 is 1.35 bits per heavy atom. The summed E-state index contributed by atoms with van der Waals surface area (Å²) in [6.45, 7) is 4.10. The summed E-state index contributed by atoms with van der Waals surface area (Å²) >= 11 is 0. The number of carboxylic acid groups (broad SMARTS) is 1. The number of carboxylic acids is 1. The van der Waals surface area contributed by atoms with Crippen LogP contribution >= 0.6 is 0 Å². The molecule has 6 nitrogen and oxygen atoms in total. The molecule has 23 heavy (non-hydrogen) atoms. The zero-order chi connectivity index (χ0) is 17.0. The molecule has 1 aliphatic heterocycles. The van der Waals surface area contributed by atoms with Gasteiger partial charge in [-0.25, -0.2) is 4.79 Å². The zero-order valence-corrected chi connectivity index (χ0v) is 13.5. The summed E-state index contributed by atoms with van der Waals surface area (Å²) in [4.78, 5) is 36.7. The van der Waals surface area contributed by atoms with Crippen molar-refractivity contribution in [3.63, 3.8) is 0 Å². The molecule has 1 aliphatic rings. The summed E-state index contributed by atoms with van der Waals surface area (Å²) in [7, 11) is 0. The lowest BCUT2D eigenvalue weighted by atomic mass is 10.1. The molecule has 1 atom stereocenters. The number of benzene rings is 1. The van der Waals surface area contributed by atoms with Gasteiger partial charge in [-0.1, -0.05) is 19.8 Å². The molecule has 0 fully saturated rings. The Morgan fingerprint density at radius 3 is 2.70 bits per heavy atom. The Kier molecular flexibility index (Phi) is 5.36. The van der Waals surface area contributed by atoms with Gasteiger partial charge in [0.2, 0.25) is 5.91 Å². The number of carbonyl (C=O) groups excluding carboxylic acids is 2. The van der Waals surface area contributed by atoms with E-state index >= 15 is 0 Å². The topological polar surface area (TPSA) is 86.7 Å². The van der Waals surface area contributed by atoms with Crippen LogP contribution in [0.5, 0.6) is 0 Å². The molecule has 0 bridgehead atoms. The van der Waals surface area contributed by atoms with Crippen LogP contribution in [0.2, 0.25) is 0 Å². The summed E-state index contributed by atoms with van der Waals surface area (Å²) in [5.41, 5.74) is 2.19.